The summed E-state index contributed by atoms with van der Waals surface area (Å²) in [4.78, 5) is 2.46. The van der Waals surface area contributed by atoms with Crippen LogP contribution in [-0.4, -0.2) is 31.1 Å². The van der Waals surface area contributed by atoms with Gasteiger partial charge in [-0.15, -0.1) is 0 Å². The van der Waals surface area contributed by atoms with Gasteiger partial charge in [0.1, 0.15) is 5.75 Å². The van der Waals surface area contributed by atoms with Crippen molar-refractivity contribution in [2.24, 2.45) is 0 Å². The predicted molar refractivity (Wildman–Crippen MR) is 71.4 cm³/mol. The second-order valence-corrected chi connectivity index (χ2v) is 4.62. The minimum atomic E-state index is 0.537. The van der Waals surface area contributed by atoms with Gasteiger partial charge >= 0.3 is 0 Å². The van der Waals surface area contributed by atoms with Crippen molar-refractivity contribution in [2.45, 2.75) is 19.3 Å². The van der Waals surface area contributed by atoms with Gasteiger partial charge in [-0.3, -0.25) is 0 Å². The second kappa shape index (κ2) is 6.27. The number of hydrogen-bond donors (Lipinski definition) is 1. The lowest BCUT2D eigenvalue weighted by molar-refractivity contribution is 0.264. The van der Waals surface area contributed by atoms with E-state index < -0.39 is 0 Å². The number of nitrogens with two attached hydrogens (primary N) is 1. The average molecular weight is 245 g/mol. The van der Waals surface area contributed by atoms with Crippen molar-refractivity contribution in [1.82, 2.24) is 4.90 Å². The Morgan fingerprint density at radius 2 is 2.11 bits per heavy atom. The minimum absolute atomic E-state index is 0.537. The maximum atomic E-state index is 8.74. The number of benzene rings is 1. The van der Waals surface area contributed by atoms with Crippen LogP contribution in [0.2, 0.25) is 0 Å². The van der Waals surface area contributed by atoms with Crippen molar-refractivity contribution in [3.8, 4) is 11.8 Å². The molecule has 1 aromatic carbocycles. The highest BCUT2D eigenvalue weighted by atomic mass is 16.5. The number of rotatable bonds is 5. The molecule has 0 saturated carbocycles. The molecule has 0 radical (unpaired) electrons. The van der Waals surface area contributed by atoms with Crippen molar-refractivity contribution >= 4 is 5.69 Å². The summed E-state index contributed by atoms with van der Waals surface area (Å²) in [6, 6.07) is 7.20. The molecule has 18 heavy (non-hydrogen) atoms. The van der Waals surface area contributed by atoms with Gasteiger partial charge in [-0.1, -0.05) is 0 Å². The minimum Gasteiger partial charge on any atom is -0.491 e. The molecule has 2 rings (SSSR count). The highest BCUT2D eigenvalue weighted by Crippen LogP contribution is 2.22. The van der Waals surface area contributed by atoms with Crippen LogP contribution in [0.25, 0.3) is 0 Å². The summed E-state index contributed by atoms with van der Waals surface area (Å²) in [5.41, 5.74) is 6.92. The molecule has 1 fully saturated rings. The van der Waals surface area contributed by atoms with E-state index in [1.54, 1.807) is 18.2 Å². The molecule has 1 aromatic rings. The molecule has 1 heterocycles. The van der Waals surface area contributed by atoms with Crippen LogP contribution in [0.4, 0.5) is 5.69 Å². The van der Waals surface area contributed by atoms with Crippen LogP contribution in [0.1, 0.15) is 24.8 Å². The van der Waals surface area contributed by atoms with Crippen LogP contribution in [0.5, 0.6) is 5.75 Å². The number of likely N-dealkylation sites (tertiary alicyclic amines) is 1. The Bertz CT molecular complexity index is 433. The molecule has 96 valence electrons. The first-order valence-electron chi connectivity index (χ1n) is 6.44. The quantitative estimate of drug-likeness (QED) is 0.636. The zero-order valence-corrected chi connectivity index (χ0v) is 10.6. The maximum absolute atomic E-state index is 8.74. The molecule has 0 aliphatic carbocycles. The maximum Gasteiger partial charge on any atom is 0.142 e. The SMILES string of the molecule is N#Cc1ccc(OCCCN2CCCC2)c(N)c1. The summed E-state index contributed by atoms with van der Waals surface area (Å²) in [5, 5.41) is 8.74. The van der Waals surface area contributed by atoms with Crippen molar-refractivity contribution in [3.63, 3.8) is 0 Å². The van der Waals surface area contributed by atoms with Gasteiger partial charge in [-0.2, -0.15) is 5.26 Å². The molecular formula is C14H19N3O. The summed E-state index contributed by atoms with van der Waals surface area (Å²) in [7, 11) is 0. The van der Waals surface area contributed by atoms with Gasteiger partial charge in [0.2, 0.25) is 0 Å². The Labute approximate surface area is 108 Å². The molecule has 0 aromatic heterocycles. The molecule has 1 aliphatic rings. The summed E-state index contributed by atoms with van der Waals surface area (Å²) in [6.07, 6.45) is 3.66. The molecule has 0 spiro atoms. The average Bonchev–Trinajstić information content (AvgIpc) is 2.89. The first-order valence-corrected chi connectivity index (χ1v) is 6.44. The van der Waals surface area contributed by atoms with E-state index in [-0.39, 0.29) is 0 Å². The highest BCUT2D eigenvalue weighted by molar-refractivity contribution is 5.56. The summed E-state index contributed by atoms with van der Waals surface area (Å²) >= 11 is 0. The number of nitrogen functional groups attached to an aromatic ring is 1. The Kier molecular flexibility index (Phi) is 4.43. The van der Waals surface area contributed by atoms with Gasteiger partial charge in [-0.05, 0) is 50.6 Å². The molecular weight excluding hydrogens is 226 g/mol. The lowest BCUT2D eigenvalue weighted by Crippen LogP contribution is -2.22. The van der Waals surface area contributed by atoms with Crippen molar-refractivity contribution in [1.29, 1.82) is 5.26 Å². The lowest BCUT2D eigenvalue weighted by atomic mass is 10.2. The van der Waals surface area contributed by atoms with E-state index >= 15 is 0 Å². The van der Waals surface area contributed by atoms with Crippen LogP contribution >= 0.6 is 0 Å². The first kappa shape index (κ1) is 12.7. The standard InChI is InChI=1S/C14H19N3O/c15-11-12-4-5-14(13(16)10-12)18-9-3-8-17-6-1-2-7-17/h4-5,10H,1-3,6-9,16H2. The first-order chi connectivity index (χ1) is 8.79. The fourth-order valence-corrected chi connectivity index (χ4v) is 2.23. The Morgan fingerprint density at radius 1 is 1.33 bits per heavy atom. The van der Waals surface area contributed by atoms with E-state index in [4.69, 9.17) is 15.7 Å². The third kappa shape index (κ3) is 3.38. The Balaban J connectivity index is 1.74. The van der Waals surface area contributed by atoms with E-state index in [9.17, 15) is 0 Å². The van der Waals surface area contributed by atoms with Crippen LogP contribution < -0.4 is 10.5 Å². The Morgan fingerprint density at radius 3 is 2.78 bits per heavy atom. The highest BCUT2D eigenvalue weighted by Gasteiger charge is 2.10. The van der Waals surface area contributed by atoms with Crippen LogP contribution in [-0.2, 0) is 0 Å². The third-order valence-electron chi connectivity index (χ3n) is 3.21. The number of nitrogens with zero attached hydrogens (tertiary/aromatic N) is 2. The van der Waals surface area contributed by atoms with Crippen LogP contribution in [0.15, 0.2) is 18.2 Å². The number of ether oxygens (including phenoxy) is 1. The normalized spacial score (nSPS) is 15.5. The zero-order valence-electron chi connectivity index (χ0n) is 10.6. The molecule has 4 heteroatoms. The Hall–Kier alpha value is -1.73. The fourth-order valence-electron chi connectivity index (χ4n) is 2.23. The van der Waals surface area contributed by atoms with Crippen molar-refractivity contribution in [3.05, 3.63) is 23.8 Å². The number of anilines is 1. The van der Waals surface area contributed by atoms with Crippen molar-refractivity contribution < 1.29 is 4.74 Å². The lowest BCUT2D eigenvalue weighted by Gasteiger charge is -2.15. The largest absolute Gasteiger partial charge is 0.491 e. The van der Waals surface area contributed by atoms with Crippen molar-refractivity contribution in [2.75, 3.05) is 32.0 Å². The van der Waals surface area contributed by atoms with E-state index in [0.717, 1.165) is 13.0 Å². The predicted octanol–water partition coefficient (Wildman–Crippen LogP) is 2.01. The number of nitriles is 1. The monoisotopic (exact) mass is 245 g/mol. The van der Waals surface area contributed by atoms with Gasteiger partial charge in [0.15, 0.2) is 0 Å². The molecule has 1 aliphatic heterocycles. The van der Waals surface area contributed by atoms with E-state index in [1.165, 1.54) is 25.9 Å². The van der Waals surface area contributed by atoms with E-state index in [0.29, 0.717) is 23.6 Å². The summed E-state index contributed by atoms with van der Waals surface area (Å²) in [5.74, 6) is 0.676. The molecule has 0 bridgehead atoms. The second-order valence-electron chi connectivity index (χ2n) is 4.62. The molecule has 0 atom stereocenters. The number of hydrogen-bond acceptors (Lipinski definition) is 4. The zero-order chi connectivity index (χ0) is 12.8. The van der Waals surface area contributed by atoms with Gasteiger partial charge in [0.05, 0.1) is 23.9 Å². The molecule has 0 amide bonds. The van der Waals surface area contributed by atoms with Gasteiger partial charge < -0.3 is 15.4 Å². The van der Waals surface area contributed by atoms with Gasteiger partial charge in [0, 0.05) is 6.54 Å². The fraction of sp³-hybridized carbons (Fsp3) is 0.500. The summed E-state index contributed by atoms with van der Waals surface area (Å²) in [6.45, 7) is 4.21. The molecule has 2 N–H and O–H groups in total. The smallest absolute Gasteiger partial charge is 0.142 e. The molecule has 1 saturated heterocycles. The van der Waals surface area contributed by atoms with E-state index in [1.807, 2.05) is 0 Å². The summed E-state index contributed by atoms with van der Waals surface area (Å²) < 4.78 is 5.64. The molecule has 4 nitrogen and oxygen atoms in total. The molecule has 0 unspecified atom stereocenters. The topological polar surface area (TPSA) is 62.3 Å². The van der Waals surface area contributed by atoms with Crippen LogP contribution in [0.3, 0.4) is 0 Å². The van der Waals surface area contributed by atoms with Gasteiger partial charge in [-0.25, -0.2) is 0 Å². The third-order valence-corrected chi connectivity index (χ3v) is 3.21. The van der Waals surface area contributed by atoms with E-state index in [2.05, 4.69) is 11.0 Å². The van der Waals surface area contributed by atoms with Gasteiger partial charge in [0.25, 0.3) is 0 Å². The van der Waals surface area contributed by atoms with Crippen LogP contribution in [0, 0.1) is 11.3 Å².